The molecule has 0 heterocycles. The fraction of sp³-hybridized carbons (Fsp3) is 0.385. The van der Waals surface area contributed by atoms with Crippen LogP contribution in [0, 0.1) is 23.1 Å². The summed E-state index contributed by atoms with van der Waals surface area (Å²) in [5.41, 5.74) is -0.450. The number of aliphatic carboxylic acids is 1. The van der Waals surface area contributed by atoms with E-state index in [1.165, 1.54) is 12.1 Å². The molecule has 1 aromatic rings. The Morgan fingerprint density at radius 2 is 2.00 bits per heavy atom. The molecule has 1 aliphatic rings. The van der Waals surface area contributed by atoms with Crippen LogP contribution >= 0.6 is 11.6 Å². The first-order chi connectivity index (χ1) is 8.75. The van der Waals surface area contributed by atoms with Crippen molar-refractivity contribution >= 4 is 29.2 Å². The maximum Gasteiger partial charge on any atom is 0.307 e. The van der Waals surface area contributed by atoms with Crippen molar-refractivity contribution in [2.45, 2.75) is 13.8 Å². The highest BCUT2D eigenvalue weighted by atomic mass is 35.5. The molecule has 0 aliphatic heterocycles. The molecule has 19 heavy (non-hydrogen) atoms. The second kappa shape index (κ2) is 4.49. The van der Waals surface area contributed by atoms with Gasteiger partial charge in [0.15, 0.2) is 0 Å². The lowest BCUT2D eigenvalue weighted by Gasteiger charge is -2.08. The molecule has 102 valence electrons. The van der Waals surface area contributed by atoms with Gasteiger partial charge in [-0.25, -0.2) is 4.39 Å². The van der Waals surface area contributed by atoms with Crippen LogP contribution in [0.3, 0.4) is 0 Å². The van der Waals surface area contributed by atoms with Gasteiger partial charge in [0.1, 0.15) is 5.82 Å². The molecule has 1 aliphatic carbocycles. The second-order valence-corrected chi connectivity index (χ2v) is 5.64. The van der Waals surface area contributed by atoms with Crippen LogP contribution in [-0.4, -0.2) is 17.0 Å². The number of carboxylic acid groups (broad SMARTS) is 1. The summed E-state index contributed by atoms with van der Waals surface area (Å²) < 4.78 is 13.1. The molecule has 0 saturated heterocycles. The summed E-state index contributed by atoms with van der Waals surface area (Å²) in [7, 11) is 0. The van der Waals surface area contributed by atoms with Crippen LogP contribution in [0.5, 0.6) is 0 Å². The average molecular weight is 286 g/mol. The van der Waals surface area contributed by atoms with E-state index in [0.717, 1.165) is 6.07 Å². The molecule has 1 saturated carbocycles. The van der Waals surface area contributed by atoms with E-state index in [9.17, 15) is 14.0 Å². The van der Waals surface area contributed by atoms with Crippen LogP contribution in [0.15, 0.2) is 18.2 Å². The molecule has 6 heteroatoms. The molecule has 0 spiro atoms. The van der Waals surface area contributed by atoms with Crippen molar-refractivity contribution in [3.63, 3.8) is 0 Å². The van der Waals surface area contributed by atoms with Gasteiger partial charge in [-0.1, -0.05) is 25.4 Å². The monoisotopic (exact) mass is 285 g/mol. The Labute approximate surface area is 114 Å². The predicted molar refractivity (Wildman–Crippen MR) is 68.4 cm³/mol. The molecule has 0 aromatic heterocycles. The Morgan fingerprint density at radius 3 is 2.53 bits per heavy atom. The zero-order valence-corrected chi connectivity index (χ0v) is 11.2. The Kier molecular flexibility index (Phi) is 3.26. The quantitative estimate of drug-likeness (QED) is 0.897. The largest absolute Gasteiger partial charge is 0.481 e. The standard InChI is InChI=1S/C13H13ClFNO3/c1-13(2)9(10(13)12(18)19)11(17)16-8-5-6(15)3-4-7(8)14/h3-5,9-10H,1-2H3,(H,16,17)(H,18,19)/t9-,10+/m1/s1. The maximum atomic E-state index is 13.1. The van der Waals surface area contributed by atoms with Gasteiger partial charge in [-0.2, -0.15) is 0 Å². The Bertz CT molecular complexity index is 559. The van der Waals surface area contributed by atoms with Crippen molar-refractivity contribution in [1.29, 1.82) is 0 Å². The highest BCUT2D eigenvalue weighted by Gasteiger charge is 2.65. The summed E-state index contributed by atoms with van der Waals surface area (Å²) >= 11 is 5.84. The number of halogens is 2. The lowest BCUT2D eigenvalue weighted by Crippen LogP contribution is -2.18. The molecule has 2 atom stereocenters. The summed E-state index contributed by atoms with van der Waals surface area (Å²) in [6.07, 6.45) is 0. The van der Waals surface area contributed by atoms with E-state index >= 15 is 0 Å². The molecule has 1 aromatic carbocycles. The van der Waals surface area contributed by atoms with Gasteiger partial charge < -0.3 is 10.4 Å². The number of nitrogens with one attached hydrogen (secondary N) is 1. The number of carbonyl (C=O) groups excluding carboxylic acids is 1. The van der Waals surface area contributed by atoms with E-state index in [0.29, 0.717) is 0 Å². The molecule has 0 radical (unpaired) electrons. The summed E-state index contributed by atoms with van der Waals surface area (Å²) in [6.45, 7) is 3.42. The molecular weight excluding hydrogens is 273 g/mol. The van der Waals surface area contributed by atoms with E-state index in [-0.39, 0.29) is 10.7 Å². The highest BCUT2D eigenvalue weighted by Crippen LogP contribution is 2.58. The Hall–Kier alpha value is -1.62. The molecule has 0 unspecified atom stereocenters. The van der Waals surface area contributed by atoms with Gasteiger partial charge in [-0.05, 0) is 23.6 Å². The van der Waals surface area contributed by atoms with Crippen molar-refractivity contribution in [3.05, 3.63) is 29.0 Å². The number of carboxylic acids is 1. The predicted octanol–water partition coefficient (Wildman–Crippen LogP) is 2.77. The molecule has 0 bridgehead atoms. The molecular formula is C13H13ClFNO3. The Balaban J connectivity index is 2.15. The normalized spacial score (nSPS) is 23.8. The van der Waals surface area contributed by atoms with E-state index in [2.05, 4.69) is 5.32 Å². The first-order valence-electron chi connectivity index (χ1n) is 5.74. The number of hydrogen-bond acceptors (Lipinski definition) is 2. The van der Waals surface area contributed by atoms with E-state index in [1.807, 2.05) is 0 Å². The molecule has 4 nitrogen and oxygen atoms in total. The van der Waals surface area contributed by atoms with Gasteiger partial charge in [0, 0.05) is 0 Å². The molecule has 2 rings (SSSR count). The van der Waals surface area contributed by atoms with Crippen LogP contribution in [0.1, 0.15) is 13.8 Å². The zero-order chi connectivity index (χ0) is 14.4. The second-order valence-electron chi connectivity index (χ2n) is 5.23. The van der Waals surface area contributed by atoms with Crippen LogP contribution in [-0.2, 0) is 9.59 Å². The summed E-state index contributed by atoms with van der Waals surface area (Å²) in [4.78, 5) is 23.0. The summed E-state index contributed by atoms with van der Waals surface area (Å²) in [5, 5.41) is 11.7. The third kappa shape index (κ3) is 2.42. The van der Waals surface area contributed by atoms with Crippen molar-refractivity contribution in [2.24, 2.45) is 17.3 Å². The third-order valence-electron chi connectivity index (χ3n) is 3.56. The van der Waals surface area contributed by atoms with Crippen molar-refractivity contribution in [1.82, 2.24) is 0 Å². The molecule has 2 N–H and O–H groups in total. The van der Waals surface area contributed by atoms with Crippen molar-refractivity contribution < 1.29 is 19.1 Å². The Morgan fingerprint density at radius 1 is 1.37 bits per heavy atom. The van der Waals surface area contributed by atoms with Crippen LogP contribution in [0.4, 0.5) is 10.1 Å². The van der Waals surface area contributed by atoms with E-state index in [1.54, 1.807) is 13.8 Å². The number of anilines is 1. The van der Waals surface area contributed by atoms with Gasteiger partial charge >= 0.3 is 5.97 Å². The summed E-state index contributed by atoms with van der Waals surface area (Å²) in [6, 6.07) is 3.61. The first-order valence-corrected chi connectivity index (χ1v) is 6.11. The lowest BCUT2D eigenvalue weighted by molar-refractivity contribution is -0.140. The number of hydrogen-bond donors (Lipinski definition) is 2. The van der Waals surface area contributed by atoms with Gasteiger partial charge in [-0.15, -0.1) is 0 Å². The van der Waals surface area contributed by atoms with Crippen molar-refractivity contribution in [2.75, 3.05) is 5.32 Å². The van der Waals surface area contributed by atoms with Gasteiger partial charge in [0.2, 0.25) is 5.91 Å². The fourth-order valence-electron chi connectivity index (χ4n) is 2.39. The van der Waals surface area contributed by atoms with Crippen LogP contribution < -0.4 is 5.32 Å². The van der Waals surface area contributed by atoms with Gasteiger partial charge in [-0.3, -0.25) is 9.59 Å². The molecule has 1 fully saturated rings. The highest BCUT2D eigenvalue weighted by molar-refractivity contribution is 6.33. The lowest BCUT2D eigenvalue weighted by atomic mass is 10.1. The maximum absolute atomic E-state index is 13.1. The van der Waals surface area contributed by atoms with Gasteiger partial charge in [0.05, 0.1) is 22.5 Å². The molecule has 1 amide bonds. The van der Waals surface area contributed by atoms with Crippen LogP contribution in [0.2, 0.25) is 5.02 Å². The minimum Gasteiger partial charge on any atom is -0.481 e. The minimum atomic E-state index is -1.00. The van der Waals surface area contributed by atoms with Crippen LogP contribution in [0.25, 0.3) is 0 Å². The van der Waals surface area contributed by atoms with E-state index < -0.39 is 34.9 Å². The van der Waals surface area contributed by atoms with E-state index in [4.69, 9.17) is 16.7 Å². The van der Waals surface area contributed by atoms with Crippen molar-refractivity contribution in [3.8, 4) is 0 Å². The van der Waals surface area contributed by atoms with Gasteiger partial charge in [0.25, 0.3) is 0 Å². The topological polar surface area (TPSA) is 66.4 Å². The third-order valence-corrected chi connectivity index (χ3v) is 3.89. The fourth-order valence-corrected chi connectivity index (χ4v) is 2.56. The average Bonchev–Trinajstić information content (AvgIpc) is 2.87. The first kappa shape index (κ1) is 13.8. The number of amides is 1. The number of rotatable bonds is 3. The number of carbonyl (C=O) groups is 2. The summed E-state index contributed by atoms with van der Waals surface area (Å²) in [5.74, 6) is -3.34. The minimum absolute atomic E-state index is 0.151. The SMILES string of the molecule is CC1(C)[C@H](C(=O)O)[C@@H]1C(=O)Nc1cc(F)ccc1Cl. The smallest absolute Gasteiger partial charge is 0.307 e. The number of benzene rings is 1. The zero-order valence-electron chi connectivity index (χ0n) is 10.4.